The average molecular weight is 458 g/mol. The average Bonchev–Trinajstić information content (AvgIpc) is 3.17. The zero-order valence-corrected chi connectivity index (χ0v) is 19.0. The van der Waals surface area contributed by atoms with Crippen LogP contribution in [0.4, 0.5) is 5.69 Å². The first kappa shape index (κ1) is 21.4. The number of benzene rings is 2. The molecule has 1 amide bonds. The Balaban J connectivity index is 1.75. The molecular weight excluding hydrogens is 434 g/mol. The molecule has 162 valence electrons. The largest absolute Gasteiger partial charge is 0.497 e. The highest BCUT2D eigenvalue weighted by molar-refractivity contribution is 7.91. The van der Waals surface area contributed by atoms with Crippen LogP contribution in [0.3, 0.4) is 0 Å². The predicted octanol–water partition coefficient (Wildman–Crippen LogP) is 4.85. The number of fused-ring (bicyclic) bond motifs is 1. The number of ether oxygens (including phenoxy) is 2. The SMILES string of the molecule is COc1ccc(S(=O)(=O)c2csc3c2NC(=O)C[C@@H]3c2cccc(OC(C)C)c2)cc1. The van der Waals surface area contributed by atoms with E-state index in [-0.39, 0.29) is 34.1 Å². The number of hydrogen-bond acceptors (Lipinski definition) is 6. The monoisotopic (exact) mass is 457 g/mol. The van der Waals surface area contributed by atoms with Crippen molar-refractivity contribution >= 4 is 32.8 Å². The molecule has 0 saturated heterocycles. The minimum atomic E-state index is -3.80. The van der Waals surface area contributed by atoms with Gasteiger partial charge < -0.3 is 14.8 Å². The highest BCUT2D eigenvalue weighted by Crippen LogP contribution is 2.46. The molecule has 0 aliphatic carbocycles. The topological polar surface area (TPSA) is 81.7 Å². The van der Waals surface area contributed by atoms with Crippen LogP contribution in [0, 0.1) is 0 Å². The number of sulfone groups is 1. The van der Waals surface area contributed by atoms with Crippen molar-refractivity contribution < 1.29 is 22.7 Å². The van der Waals surface area contributed by atoms with E-state index >= 15 is 0 Å². The molecule has 8 heteroatoms. The number of rotatable bonds is 6. The van der Waals surface area contributed by atoms with Crippen LogP contribution in [-0.2, 0) is 14.6 Å². The lowest BCUT2D eigenvalue weighted by Gasteiger charge is -2.24. The molecule has 4 rings (SSSR count). The van der Waals surface area contributed by atoms with Gasteiger partial charge in [0.05, 0.1) is 23.8 Å². The maximum atomic E-state index is 13.3. The fourth-order valence-corrected chi connectivity index (χ4v) is 6.54. The van der Waals surface area contributed by atoms with Crippen LogP contribution in [0.25, 0.3) is 0 Å². The molecule has 1 aromatic heterocycles. The van der Waals surface area contributed by atoms with Crippen LogP contribution in [-0.4, -0.2) is 27.5 Å². The molecule has 0 radical (unpaired) electrons. The van der Waals surface area contributed by atoms with Crippen molar-refractivity contribution in [3.63, 3.8) is 0 Å². The Hall–Kier alpha value is -2.84. The zero-order chi connectivity index (χ0) is 22.2. The smallest absolute Gasteiger partial charge is 0.225 e. The lowest BCUT2D eigenvalue weighted by atomic mass is 9.90. The lowest BCUT2D eigenvalue weighted by Crippen LogP contribution is -2.23. The van der Waals surface area contributed by atoms with Gasteiger partial charge in [-0.1, -0.05) is 12.1 Å². The van der Waals surface area contributed by atoms with Gasteiger partial charge in [0.25, 0.3) is 0 Å². The van der Waals surface area contributed by atoms with E-state index in [1.165, 1.54) is 30.6 Å². The summed E-state index contributed by atoms with van der Waals surface area (Å²) in [6.45, 7) is 3.91. The summed E-state index contributed by atoms with van der Waals surface area (Å²) in [5, 5.41) is 4.40. The van der Waals surface area contributed by atoms with Gasteiger partial charge in [0.15, 0.2) is 0 Å². The van der Waals surface area contributed by atoms with Gasteiger partial charge in [-0.2, -0.15) is 0 Å². The quantitative estimate of drug-likeness (QED) is 0.572. The molecule has 2 aromatic carbocycles. The Morgan fingerprint density at radius 3 is 2.52 bits per heavy atom. The summed E-state index contributed by atoms with van der Waals surface area (Å²) in [5.74, 6) is 0.854. The van der Waals surface area contributed by atoms with Gasteiger partial charge in [0.1, 0.15) is 16.4 Å². The maximum absolute atomic E-state index is 13.3. The van der Waals surface area contributed by atoms with E-state index in [4.69, 9.17) is 9.47 Å². The first-order chi connectivity index (χ1) is 14.8. The second-order valence-corrected chi connectivity index (χ2v) is 10.4. The summed E-state index contributed by atoms with van der Waals surface area (Å²) < 4.78 is 37.5. The Labute approximate surface area is 185 Å². The Morgan fingerprint density at radius 1 is 1.10 bits per heavy atom. The highest BCUT2D eigenvalue weighted by atomic mass is 32.2. The second-order valence-electron chi connectivity index (χ2n) is 7.56. The summed E-state index contributed by atoms with van der Waals surface area (Å²) in [7, 11) is -2.28. The third-order valence-electron chi connectivity index (χ3n) is 5.05. The number of hydrogen-bond donors (Lipinski definition) is 1. The van der Waals surface area contributed by atoms with E-state index < -0.39 is 9.84 Å². The summed E-state index contributed by atoms with van der Waals surface area (Å²) in [6.07, 6.45) is 0.282. The van der Waals surface area contributed by atoms with E-state index in [1.807, 2.05) is 38.1 Å². The number of anilines is 1. The molecule has 0 spiro atoms. The zero-order valence-electron chi connectivity index (χ0n) is 17.4. The number of methoxy groups -OCH3 is 1. The number of carbonyl (C=O) groups excluding carboxylic acids is 1. The van der Waals surface area contributed by atoms with Gasteiger partial charge in [-0.3, -0.25) is 4.79 Å². The number of carbonyl (C=O) groups is 1. The molecule has 3 aromatic rings. The van der Waals surface area contributed by atoms with Crippen LogP contribution >= 0.6 is 11.3 Å². The number of thiophene rings is 1. The van der Waals surface area contributed by atoms with Gasteiger partial charge in [0.2, 0.25) is 15.7 Å². The predicted molar refractivity (Wildman–Crippen MR) is 120 cm³/mol. The standard InChI is InChI=1S/C23H23NO5S2/c1-14(2)29-17-6-4-5-15(11-17)19-12-21(25)24-22-20(13-30-23(19)22)31(26,27)18-9-7-16(28-3)8-10-18/h4-11,13-14,19H,12H2,1-3H3,(H,24,25)/t19-/m1/s1. The van der Waals surface area contributed by atoms with Crippen molar-refractivity contribution in [1.29, 1.82) is 0 Å². The molecule has 1 aliphatic rings. The first-order valence-corrected chi connectivity index (χ1v) is 12.2. The molecule has 1 atom stereocenters. The normalized spacial score (nSPS) is 16.0. The fourth-order valence-electron chi connectivity index (χ4n) is 3.63. The molecule has 31 heavy (non-hydrogen) atoms. The van der Waals surface area contributed by atoms with Gasteiger partial charge in [-0.25, -0.2) is 8.42 Å². The first-order valence-electron chi connectivity index (χ1n) is 9.86. The van der Waals surface area contributed by atoms with Crippen molar-refractivity contribution in [3.8, 4) is 11.5 Å². The van der Waals surface area contributed by atoms with Crippen LogP contribution < -0.4 is 14.8 Å². The maximum Gasteiger partial charge on any atom is 0.225 e. The van der Waals surface area contributed by atoms with Crippen LogP contribution in [0.2, 0.25) is 0 Å². The van der Waals surface area contributed by atoms with Gasteiger partial charge in [-0.15, -0.1) is 11.3 Å². The third kappa shape index (κ3) is 4.18. The van der Waals surface area contributed by atoms with E-state index in [0.717, 1.165) is 16.2 Å². The van der Waals surface area contributed by atoms with Crippen molar-refractivity contribution in [2.24, 2.45) is 0 Å². The molecule has 2 heterocycles. The second kappa shape index (κ2) is 8.36. The summed E-state index contributed by atoms with van der Waals surface area (Å²) in [5.41, 5.74) is 1.29. The summed E-state index contributed by atoms with van der Waals surface area (Å²) in [6, 6.07) is 13.9. The van der Waals surface area contributed by atoms with Gasteiger partial charge >= 0.3 is 0 Å². The minimum absolute atomic E-state index is 0.0310. The molecular formula is C23H23NO5S2. The van der Waals surface area contributed by atoms with Crippen molar-refractivity contribution in [1.82, 2.24) is 0 Å². The molecule has 0 bridgehead atoms. The third-order valence-corrected chi connectivity index (χ3v) is 8.09. The van der Waals surface area contributed by atoms with Crippen LogP contribution in [0.15, 0.2) is 63.7 Å². The van der Waals surface area contributed by atoms with E-state index in [2.05, 4.69) is 5.32 Å². The molecule has 6 nitrogen and oxygen atoms in total. The highest BCUT2D eigenvalue weighted by Gasteiger charge is 2.34. The minimum Gasteiger partial charge on any atom is -0.497 e. The Morgan fingerprint density at radius 2 is 1.84 bits per heavy atom. The summed E-state index contributed by atoms with van der Waals surface area (Å²) >= 11 is 1.35. The number of amides is 1. The van der Waals surface area contributed by atoms with E-state index in [1.54, 1.807) is 17.5 Å². The van der Waals surface area contributed by atoms with Crippen molar-refractivity contribution in [2.75, 3.05) is 12.4 Å². The molecule has 0 fully saturated rings. The van der Waals surface area contributed by atoms with Gasteiger partial charge in [-0.05, 0) is 55.8 Å². The molecule has 0 unspecified atom stereocenters. The lowest BCUT2D eigenvalue weighted by molar-refractivity contribution is -0.116. The van der Waals surface area contributed by atoms with Crippen molar-refractivity contribution in [2.45, 2.75) is 42.1 Å². The fraction of sp³-hybridized carbons (Fsp3) is 0.261. The van der Waals surface area contributed by atoms with E-state index in [9.17, 15) is 13.2 Å². The van der Waals surface area contributed by atoms with E-state index in [0.29, 0.717) is 11.4 Å². The molecule has 1 N–H and O–H groups in total. The van der Waals surface area contributed by atoms with Crippen molar-refractivity contribution in [3.05, 3.63) is 64.4 Å². The summed E-state index contributed by atoms with van der Waals surface area (Å²) in [4.78, 5) is 13.6. The Kier molecular flexibility index (Phi) is 5.77. The Bertz CT molecular complexity index is 1210. The number of nitrogens with one attached hydrogen (secondary N) is 1. The molecule has 0 saturated carbocycles. The van der Waals surface area contributed by atoms with Crippen LogP contribution in [0.5, 0.6) is 11.5 Å². The van der Waals surface area contributed by atoms with Gasteiger partial charge in [0, 0.05) is 22.6 Å². The van der Waals surface area contributed by atoms with Crippen LogP contribution in [0.1, 0.15) is 36.6 Å². The molecule has 1 aliphatic heterocycles.